The zero-order chi connectivity index (χ0) is 27.4. The second-order valence-electron chi connectivity index (χ2n) is 7.90. The van der Waals surface area contributed by atoms with E-state index in [9.17, 15) is 23.6 Å². The van der Waals surface area contributed by atoms with E-state index in [1.54, 1.807) is 12.1 Å². The molecule has 8 nitrogen and oxygen atoms in total. The molecule has 1 fully saturated rings. The molecule has 0 unspecified atom stereocenters. The van der Waals surface area contributed by atoms with E-state index in [0.717, 1.165) is 4.90 Å². The number of hydrogen-bond donors (Lipinski definition) is 2. The summed E-state index contributed by atoms with van der Waals surface area (Å²) in [5, 5.41) is 11.0. The van der Waals surface area contributed by atoms with Gasteiger partial charge in [-0.1, -0.05) is 47.5 Å². The molecule has 4 rings (SSSR count). The van der Waals surface area contributed by atoms with E-state index in [1.165, 1.54) is 54.6 Å². The molecule has 0 bridgehead atoms. The normalized spacial score (nSPS) is 14.2. The molecule has 0 aromatic heterocycles. The summed E-state index contributed by atoms with van der Waals surface area (Å²) in [5.41, 5.74) is 1.19. The van der Waals surface area contributed by atoms with Crippen LogP contribution in [0.2, 0.25) is 10.0 Å². The molecule has 12 heteroatoms. The van der Waals surface area contributed by atoms with Crippen molar-refractivity contribution >= 4 is 69.8 Å². The number of nitrogens with zero attached hydrogens (tertiary/aromatic N) is 1. The van der Waals surface area contributed by atoms with Crippen LogP contribution in [0.4, 0.5) is 14.9 Å². The Kier molecular flexibility index (Phi) is 8.35. The molecule has 38 heavy (non-hydrogen) atoms. The van der Waals surface area contributed by atoms with Crippen LogP contribution in [0.15, 0.2) is 65.6 Å². The predicted molar refractivity (Wildman–Crippen MR) is 142 cm³/mol. The van der Waals surface area contributed by atoms with E-state index in [-0.39, 0.29) is 38.6 Å². The number of ether oxygens (including phenoxy) is 1. The van der Waals surface area contributed by atoms with Crippen LogP contribution in [0, 0.1) is 5.82 Å². The third-order valence-electron chi connectivity index (χ3n) is 5.23. The van der Waals surface area contributed by atoms with Gasteiger partial charge in [0.05, 0.1) is 26.2 Å². The standard InChI is InChI=1S/C26H17Cl2FN2O6S/c27-17-9-15(10-18(28)23(17)37-13-14-5-7-16(8-6-14)25(34)35)11-21-24(33)31(26(36)38-21)12-22(32)30-20-4-2-1-3-19(20)29/h1-11H,12-13H2,(H,30,32)(H,34,35)/b21-11-. The van der Waals surface area contributed by atoms with Crippen LogP contribution >= 0.6 is 35.0 Å². The molecular weight excluding hydrogens is 558 g/mol. The molecular formula is C26H17Cl2FN2O6S. The number of anilines is 1. The summed E-state index contributed by atoms with van der Waals surface area (Å²) in [7, 11) is 0. The fourth-order valence-electron chi connectivity index (χ4n) is 3.38. The lowest BCUT2D eigenvalue weighted by molar-refractivity contribution is -0.127. The summed E-state index contributed by atoms with van der Waals surface area (Å²) in [6.07, 6.45) is 1.41. The van der Waals surface area contributed by atoms with Gasteiger partial charge in [-0.15, -0.1) is 0 Å². The summed E-state index contributed by atoms with van der Waals surface area (Å²) in [5.74, 6) is -2.93. The van der Waals surface area contributed by atoms with Crippen molar-refractivity contribution < 1.29 is 33.4 Å². The number of nitrogens with one attached hydrogen (secondary N) is 1. The lowest BCUT2D eigenvalue weighted by Crippen LogP contribution is -2.36. The number of para-hydroxylation sites is 1. The largest absolute Gasteiger partial charge is 0.486 e. The molecule has 3 aromatic rings. The minimum absolute atomic E-state index is 0.0491. The van der Waals surface area contributed by atoms with E-state index < -0.39 is 35.4 Å². The quantitative estimate of drug-likeness (QED) is 0.313. The zero-order valence-electron chi connectivity index (χ0n) is 19.2. The smallest absolute Gasteiger partial charge is 0.335 e. The summed E-state index contributed by atoms with van der Waals surface area (Å²) in [6, 6.07) is 14.6. The number of rotatable bonds is 8. The minimum Gasteiger partial charge on any atom is -0.486 e. The summed E-state index contributed by atoms with van der Waals surface area (Å²) in [6.45, 7) is -0.509. The van der Waals surface area contributed by atoms with Crippen LogP contribution in [0.3, 0.4) is 0 Å². The Morgan fingerprint density at radius 1 is 1.05 bits per heavy atom. The van der Waals surface area contributed by atoms with Gasteiger partial charge in [0.2, 0.25) is 5.91 Å². The Morgan fingerprint density at radius 2 is 1.71 bits per heavy atom. The van der Waals surface area contributed by atoms with Crippen molar-refractivity contribution in [2.45, 2.75) is 6.61 Å². The van der Waals surface area contributed by atoms with Crippen LogP contribution in [0.5, 0.6) is 5.75 Å². The van der Waals surface area contributed by atoms with Gasteiger partial charge in [-0.05, 0) is 65.4 Å². The van der Waals surface area contributed by atoms with Gasteiger partial charge in [0.25, 0.3) is 11.1 Å². The summed E-state index contributed by atoms with van der Waals surface area (Å²) >= 11 is 13.3. The average Bonchev–Trinajstić information content (AvgIpc) is 3.12. The van der Waals surface area contributed by atoms with Gasteiger partial charge >= 0.3 is 5.97 Å². The first-order valence-corrected chi connectivity index (χ1v) is 12.4. The highest BCUT2D eigenvalue weighted by molar-refractivity contribution is 8.18. The minimum atomic E-state index is -1.04. The molecule has 0 saturated carbocycles. The van der Waals surface area contributed by atoms with Crippen molar-refractivity contribution in [1.29, 1.82) is 0 Å². The Labute approximate surface area is 230 Å². The summed E-state index contributed by atoms with van der Waals surface area (Å²) < 4.78 is 19.5. The van der Waals surface area contributed by atoms with E-state index >= 15 is 0 Å². The maximum absolute atomic E-state index is 13.8. The Morgan fingerprint density at radius 3 is 2.34 bits per heavy atom. The van der Waals surface area contributed by atoms with Gasteiger partial charge in [0.1, 0.15) is 19.0 Å². The SMILES string of the molecule is O=C(CN1C(=O)S/C(=C\c2cc(Cl)c(OCc3ccc(C(=O)O)cc3)c(Cl)c2)C1=O)Nc1ccccc1F. The number of benzene rings is 3. The van der Waals surface area contributed by atoms with Crippen molar-refractivity contribution in [2.24, 2.45) is 0 Å². The monoisotopic (exact) mass is 574 g/mol. The van der Waals surface area contributed by atoms with Crippen LogP contribution < -0.4 is 10.1 Å². The molecule has 0 radical (unpaired) electrons. The molecule has 0 aliphatic carbocycles. The van der Waals surface area contributed by atoms with Gasteiger partial charge in [-0.2, -0.15) is 0 Å². The van der Waals surface area contributed by atoms with Crippen LogP contribution in [0.25, 0.3) is 6.08 Å². The van der Waals surface area contributed by atoms with E-state index in [1.807, 2.05) is 0 Å². The van der Waals surface area contributed by atoms with Crippen molar-refractivity contribution in [3.05, 3.63) is 98.1 Å². The number of halogens is 3. The Bertz CT molecular complexity index is 1460. The van der Waals surface area contributed by atoms with Gasteiger partial charge in [0, 0.05) is 0 Å². The number of imide groups is 1. The van der Waals surface area contributed by atoms with Crippen molar-refractivity contribution in [2.75, 3.05) is 11.9 Å². The molecule has 1 saturated heterocycles. The summed E-state index contributed by atoms with van der Waals surface area (Å²) in [4.78, 5) is 49.2. The van der Waals surface area contributed by atoms with Gasteiger partial charge < -0.3 is 15.2 Å². The second-order valence-corrected chi connectivity index (χ2v) is 9.71. The number of thioether (sulfide) groups is 1. The number of aromatic carboxylic acids is 1. The fraction of sp³-hybridized carbons (Fsp3) is 0.0769. The molecule has 3 aromatic carbocycles. The molecule has 2 N–H and O–H groups in total. The second kappa shape index (κ2) is 11.7. The Balaban J connectivity index is 1.43. The van der Waals surface area contributed by atoms with Gasteiger partial charge in [0.15, 0.2) is 5.75 Å². The molecule has 1 heterocycles. The van der Waals surface area contributed by atoms with Crippen LogP contribution in [-0.4, -0.2) is 39.6 Å². The van der Waals surface area contributed by atoms with Crippen molar-refractivity contribution in [1.82, 2.24) is 4.90 Å². The first-order chi connectivity index (χ1) is 18.1. The number of hydrogen-bond acceptors (Lipinski definition) is 6. The first-order valence-electron chi connectivity index (χ1n) is 10.9. The highest BCUT2D eigenvalue weighted by Crippen LogP contribution is 2.37. The lowest BCUT2D eigenvalue weighted by atomic mass is 10.1. The lowest BCUT2D eigenvalue weighted by Gasteiger charge is -2.13. The van der Waals surface area contributed by atoms with E-state index in [0.29, 0.717) is 22.9 Å². The molecule has 0 atom stereocenters. The number of carbonyl (C=O) groups excluding carboxylic acids is 3. The predicted octanol–water partition coefficient (Wildman–Crippen LogP) is 6.08. The molecule has 3 amide bonds. The first kappa shape index (κ1) is 27.2. The fourth-order valence-corrected chi connectivity index (χ4v) is 4.83. The number of carbonyl (C=O) groups is 4. The topological polar surface area (TPSA) is 113 Å². The highest BCUT2D eigenvalue weighted by atomic mass is 35.5. The van der Waals surface area contributed by atoms with Gasteiger partial charge in [-0.3, -0.25) is 19.3 Å². The van der Waals surface area contributed by atoms with Crippen LogP contribution in [0.1, 0.15) is 21.5 Å². The maximum Gasteiger partial charge on any atom is 0.335 e. The third-order valence-corrected chi connectivity index (χ3v) is 6.69. The third kappa shape index (κ3) is 6.34. The van der Waals surface area contributed by atoms with Gasteiger partial charge in [-0.25, -0.2) is 9.18 Å². The van der Waals surface area contributed by atoms with E-state index in [2.05, 4.69) is 5.32 Å². The number of carboxylic acids is 1. The van der Waals surface area contributed by atoms with Crippen molar-refractivity contribution in [3.63, 3.8) is 0 Å². The molecule has 0 spiro atoms. The van der Waals surface area contributed by atoms with E-state index in [4.69, 9.17) is 33.0 Å². The zero-order valence-corrected chi connectivity index (χ0v) is 21.6. The average molecular weight is 575 g/mol. The molecule has 1 aliphatic rings. The Hall–Kier alpha value is -3.86. The van der Waals surface area contributed by atoms with Crippen molar-refractivity contribution in [3.8, 4) is 5.75 Å². The molecule has 194 valence electrons. The maximum atomic E-state index is 13.8. The number of amides is 3. The highest BCUT2D eigenvalue weighted by Gasteiger charge is 2.36. The molecule has 1 aliphatic heterocycles. The van der Waals surface area contributed by atoms with Crippen LogP contribution in [-0.2, 0) is 16.2 Å². The number of carboxylic acid groups (broad SMARTS) is 1.